The van der Waals surface area contributed by atoms with Crippen LogP contribution >= 0.6 is 11.3 Å². The highest BCUT2D eigenvalue weighted by Crippen LogP contribution is 2.23. The van der Waals surface area contributed by atoms with Crippen molar-refractivity contribution < 1.29 is 55.7 Å². The van der Waals surface area contributed by atoms with Crippen LogP contribution in [0.4, 0.5) is 32.2 Å². The Bertz CT molecular complexity index is 1640. The highest BCUT2D eigenvalue weighted by molar-refractivity contribution is 7.12. The highest BCUT2D eigenvalue weighted by Gasteiger charge is 2.38. The number of alkyl halides is 6. The van der Waals surface area contributed by atoms with Crippen molar-refractivity contribution >= 4 is 41.2 Å². The van der Waals surface area contributed by atoms with Crippen molar-refractivity contribution in [3.05, 3.63) is 83.2 Å². The molecule has 0 unspecified atom stereocenters. The number of ether oxygens (including phenoxy) is 1. The van der Waals surface area contributed by atoms with E-state index in [2.05, 4.69) is 20.4 Å². The molecular weight excluding hydrogens is 626 g/mol. The van der Waals surface area contributed by atoms with Crippen LogP contribution in [-0.2, 0) is 9.59 Å². The number of carbonyl (C=O) groups excluding carboxylic acids is 1. The Morgan fingerprint density at radius 2 is 1.70 bits per heavy atom. The van der Waals surface area contributed by atoms with Crippen LogP contribution in [0.25, 0.3) is 11.3 Å². The van der Waals surface area contributed by atoms with E-state index in [9.17, 15) is 31.1 Å². The Labute approximate surface area is 246 Å². The van der Waals surface area contributed by atoms with Gasteiger partial charge >= 0.3 is 18.8 Å². The molecule has 0 fully saturated rings. The molecule has 0 aliphatic heterocycles. The average Bonchev–Trinajstić information content (AvgIpc) is 3.70. The van der Waals surface area contributed by atoms with Crippen molar-refractivity contribution in [2.75, 3.05) is 5.32 Å². The van der Waals surface area contributed by atoms with Crippen molar-refractivity contribution in [2.45, 2.75) is 19.8 Å². The smallest absolute Gasteiger partial charge is 0.483 e. The van der Waals surface area contributed by atoms with E-state index >= 15 is 0 Å². The second-order valence-corrected chi connectivity index (χ2v) is 8.63. The van der Waals surface area contributed by atoms with Gasteiger partial charge < -0.3 is 24.8 Å². The molecule has 0 saturated heterocycles. The van der Waals surface area contributed by atoms with Crippen LogP contribution in [0.3, 0.4) is 0 Å². The number of nitrogens with one attached hydrogen (secondary N) is 1. The van der Waals surface area contributed by atoms with Gasteiger partial charge in [-0.15, -0.1) is 16.4 Å². The van der Waals surface area contributed by atoms with Crippen molar-refractivity contribution in [3.63, 3.8) is 0 Å². The van der Waals surface area contributed by atoms with Crippen LogP contribution < -0.4 is 10.1 Å². The van der Waals surface area contributed by atoms with E-state index < -0.39 is 18.8 Å². The van der Waals surface area contributed by atoms with Gasteiger partial charge in [-0.1, -0.05) is 0 Å². The molecule has 0 aliphatic rings. The Balaban J connectivity index is 0.000000407. The SMILES string of the molecule is Cc1ccsc1C(=O)Nc1cn2nc(Oc3ccc(-n4ccnc4)cc3)ccc2n1.FC(F)F.O=C(O)C(F)(F)F.O=CO. The maximum Gasteiger partial charge on any atom is 0.490 e. The van der Waals surface area contributed by atoms with Crippen LogP contribution in [0.5, 0.6) is 11.6 Å². The molecule has 5 rings (SSSR count). The van der Waals surface area contributed by atoms with Gasteiger partial charge in [-0.3, -0.25) is 9.59 Å². The van der Waals surface area contributed by atoms with Gasteiger partial charge in [0.25, 0.3) is 12.4 Å². The van der Waals surface area contributed by atoms with E-state index in [0.29, 0.717) is 28.0 Å². The molecular formula is C25H20F6N6O6S. The number of hydrogen-bond acceptors (Lipinski definition) is 8. The molecule has 3 N–H and O–H groups in total. The minimum Gasteiger partial charge on any atom is -0.483 e. The number of imidazole rings is 2. The topological polar surface area (TPSA) is 161 Å². The first-order valence-corrected chi connectivity index (χ1v) is 12.4. The summed E-state index contributed by atoms with van der Waals surface area (Å²) >= 11 is 1.40. The van der Waals surface area contributed by atoms with Crippen LogP contribution in [0.1, 0.15) is 15.2 Å². The molecule has 0 radical (unpaired) electrons. The minimum atomic E-state index is -5.08. The van der Waals surface area contributed by atoms with Crippen LogP contribution in [0, 0.1) is 6.92 Å². The third-order valence-corrected chi connectivity index (χ3v) is 5.72. The molecule has 0 atom stereocenters. The fraction of sp³-hybridized carbons (Fsp3) is 0.120. The Hall–Kier alpha value is -5.46. The van der Waals surface area contributed by atoms with Gasteiger partial charge in [-0.2, -0.15) is 26.3 Å². The summed E-state index contributed by atoms with van der Waals surface area (Å²) in [7, 11) is 0. The number of carboxylic acids is 1. The lowest BCUT2D eigenvalue weighted by Crippen LogP contribution is -2.21. The summed E-state index contributed by atoms with van der Waals surface area (Å²) in [6.45, 7) is -2.01. The molecule has 19 heteroatoms. The first kappa shape index (κ1) is 34.7. The number of benzene rings is 1. The first-order chi connectivity index (χ1) is 20.7. The van der Waals surface area contributed by atoms with E-state index in [4.69, 9.17) is 24.5 Å². The number of nitrogens with zero attached hydrogens (tertiary/aromatic N) is 5. The predicted molar refractivity (Wildman–Crippen MR) is 143 cm³/mol. The number of aryl methyl sites for hydroxylation is 1. The average molecular weight is 647 g/mol. The molecule has 12 nitrogen and oxygen atoms in total. The molecule has 0 aliphatic carbocycles. The summed E-state index contributed by atoms with van der Waals surface area (Å²) in [4.78, 5) is 38.8. The van der Waals surface area contributed by atoms with E-state index in [1.54, 1.807) is 35.4 Å². The standard InChI is InChI=1S/C21H16N6O2S.C2HF3O2.CHF3.CH2O2/c1-14-8-11-30-20(14)21(28)24-17-12-27-18(23-17)6-7-19(25-27)29-16-4-2-15(3-5-16)26-10-9-22-13-26;3-2(4,5)1(6)7;2-1(3)4;2-1-3/h2-13H,1H3,(H,24,28);(H,6,7);1H;1H,(H,2,3). The van der Waals surface area contributed by atoms with Gasteiger partial charge in [0.05, 0.1) is 17.4 Å². The highest BCUT2D eigenvalue weighted by atomic mass is 32.1. The third-order valence-electron chi connectivity index (χ3n) is 4.71. The lowest BCUT2D eigenvalue weighted by Gasteiger charge is -2.06. The number of hydrogen-bond donors (Lipinski definition) is 3. The largest absolute Gasteiger partial charge is 0.490 e. The minimum absolute atomic E-state index is 0.180. The van der Waals surface area contributed by atoms with Crippen molar-refractivity contribution in [1.29, 1.82) is 0 Å². The fourth-order valence-electron chi connectivity index (χ4n) is 2.98. The van der Waals surface area contributed by atoms with Gasteiger partial charge in [-0.05, 0) is 54.3 Å². The number of fused-ring (bicyclic) bond motifs is 1. The molecule has 5 aromatic rings. The molecule has 4 aromatic heterocycles. The van der Waals surface area contributed by atoms with E-state index in [-0.39, 0.29) is 12.4 Å². The van der Waals surface area contributed by atoms with Crippen LogP contribution in [0.15, 0.2) is 72.8 Å². The van der Waals surface area contributed by atoms with Gasteiger partial charge in [-0.25, -0.2) is 19.3 Å². The molecule has 0 spiro atoms. The molecule has 234 valence electrons. The number of anilines is 1. The number of halogens is 6. The molecule has 1 amide bonds. The van der Waals surface area contributed by atoms with Crippen LogP contribution in [0.2, 0.25) is 0 Å². The molecule has 0 saturated carbocycles. The molecule has 44 heavy (non-hydrogen) atoms. The maximum atomic E-state index is 12.4. The lowest BCUT2D eigenvalue weighted by molar-refractivity contribution is -0.192. The summed E-state index contributed by atoms with van der Waals surface area (Å²) in [5.41, 5.74) is 2.53. The van der Waals surface area contributed by atoms with Crippen molar-refractivity contribution in [1.82, 2.24) is 24.1 Å². The maximum absolute atomic E-state index is 12.4. The monoisotopic (exact) mass is 646 g/mol. The molecule has 4 heterocycles. The Morgan fingerprint density at radius 1 is 1.09 bits per heavy atom. The zero-order valence-corrected chi connectivity index (χ0v) is 22.8. The zero-order chi connectivity index (χ0) is 32.9. The second-order valence-electron chi connectivity index (χ2n) is 7.71. The van der Waals surface area contributed by atoms with Gasteiger partial charge in [0.2, 0.25) is 5.88 Å². The molecule has 1 aromatic carbocycles. The zero-order valence-electron chi connectivity index (χ0n) is 22.0. The lowest BCUT2D eigenvalue weighted by atomic mass is 10.3. The van der Waals surface area contributed by atoms with Gasteiger partial charge in [0.15, 0.2) is 11.5 Å². The van der Waals surface area contributed by atoms with Crippen LogP contribution in [-0.4, -0.2) is 65.6 Å². The number of rotatable bonds is 5. The summed E-state index contributed by atoms with van der Waals surface area (Å²) in [5.74, 6) is -1.43. The Kier molecular flexibility index (Phi) is 12.8. The van der Waals surface area contributed by atoms with E-state index in [1.807, 2.05) is 53.4 Å². The fourth-order valence-corrected chi connectivity index (χ4v) is 3.80. The number of carbonyl (C=O) groups is 3. The van der Waals surface area contributed by atoms with E-state index in [1.165, 1.54) is 11.3 Å². The number of carboxylic acid groups (broad SMARTS) is 2. The Morgan fingerprint density at radius 3 is 2.20 bits per heavy atom. The summed E-state index contributed by atoms with van der Waals surface area (Å²) in [6, 6.07) is 13.0. The van der Waals surface area contributed by atoms with Gasteiger partial charge in [0, 0.05) is 24.1 Å². The summed E-state index contributed by atoms with van der Waals surface area (Å²) in [6.07, 6.45) is 1.92. The predicted octanol–water partition coefficient (Wildman–Crippen LogP) is 5.84. The summed E-state index contributed by atoms with van der Waals surface area (Å²) in [5, 5.41) is 23.1. The van der Waals surface area contributed by atoms with Crippen molar-refractivity contribution in [3.8, 4) is 17.3 Å². The normalized spacial score (nSPS) is 10.4. The first-order valence-electron chi connectivity index (χ1n) is 11.5. The number of aliphatic carboxylic acids is 1. The molecule has 0 bridgehead atoms. The number of thiophene rings is 1. The second kappa shape index (κ2) is 16.2. The number of aromatic nitrogens is 5. The summed E-state index contributed by atoms with van der Waals surface area (Å²) < 4.78 is 70.1. The third kappa shape index (κ3) is 11.1. The van der Waals surface area contributed by atoms with Crippen molar-refractivity contribution in [2.24, 2.45) is 0 Å². The van der Waals surface area contributed by atoms with Gasteiger partial charge in [0.1, 0.15) is 5.75 Å². The van der Waals surface area contributed by atoms with E-state index in [0.717, 1.165) is 11.3 Å². The quantitative estimate of drug-likeness (QED) is 0.157. The number of amides is 1.